The first-order chi connectivity index (χ1) is 10.6. The average Bonchev–Trinajstić information content (AvgIpc) is 3.06. The minimum absolute atomic E-state index is 0.0610. The molecule has 2 aromatic rings. The summed E-state index contributed by atoms with van der Waals surface area (Å²) in [6, 6.07) is 7.06. The highest BCUT2D eigenvalue weighted by molar-refractivity contribution is 8.00. The molecule has 1 aromatic heterocycles. The van der Waals surface area contributed by atoms with E-state index in [1.54, 1.807) is 4.90 Å². The lowest BCUT2D eigenvalue weighted by Crippen LogP contribution is -2.27. The fraction of sp³-hybridized carbons (Fsp3) is 0.312. The van der Waals surface area contributed by atoms with E-state index in [1.165, 1.54) is 23.9 Å². The summed E-state index contributed by atoms with van der Waals surface area (Å²) in [5.74, 6) is 0.546. The molecule has 1 saturated heterocycles. The third kappa shape index (κ3) is 3.02. The highest BCUT2D eigenvalue weighted by Crippen LogP contribution is 2.40. The van der Waals surface area contributed by atoms with Gasteiger partial charge in [0, 0.05) is 19.0 Å². The summed E-state index contributed by atoms with van der Waals surface area (Å²) in [5.41, 5.74) is 0.431. The largest absolute Gasteiger partial charge is 0.463 e. The highest BCUT2D eigenvalue weighted by Gasteiger charge is 2.34. The van der Waals surface area contributed by atoms with Crippen LogP contribution in [0.15, 0.2) is 34.7 Å². The van der Waals surface area contributed by atoms with Crippen LogP contribution in [-0.4, -0.2) is 16.6 Å². The van der Waals surface area contributed by atoms with Crippen LogP contribution in [-0.2, 0) is 17.8 Å². The minimum atomic E-state index is -0.642. The maximum atomic E-state index is 13.3. The van der Waals surface area contributed by atoms with E-state index < -0.39 is 11.6 Å². The molecule has 22 heavy (non-hydrogen) atoms. The fourth-order valence-electron chi connectivity index (χ4n) is 2.48. The van der Waals surface area contributed by atoms with Crippen LogP contribution in [0.2, 0.25) is 0 Å². The first-order valence-corrected chi connectivity index (χ1v) is 8.06. The molecule has 116 valence electrons. The number of nitrogens with zero attached hydrogens (tertiary/aromatic N) is 1. The Balaban J connectivity index is 1.84. The van der Waals surface area contributed by atoms with E-state index in [-0.39, 0.29) is 17.8 Å². The number of furan rings is 1. The highest BCUT2D eigenvalue weighted by atomic mass is 32.2. The van der Waals surface area contributed by atoms with Gasteiger partial charge in [-0.05, 0) is 29.8 Å². The van der Waals surface area contributed by atoms with Crippen LogP contribution in [0.5, 0.6) is 0 Å². The summed E-state index contributed by atoms with van der Waals surface area (Å²) < 4.78 is 32.3. The van der Waals surface area contributed by atoms with Crippen molar-refractivity contribution in [3.63, 3.8) is 0 Å². The summed E-state index contributed by atoms with van der Waals surface area (Å²) in [6.07, 6.45) is 0.778. The average molecular weight is 323 g/mol. The second-order valence-corrected chi connectivity index (χ2v) is 6.19. The molecule has 0 aliphatic carbocycles. The number of thioether (sulfide) groups is 1. The number of amides is 1. The zero-order valence-electron chi connectivity index (χ0n) is 12.0. The third-order valence-electron chi connectivity index (χ3n) is 3.52. The van der Waals surface area contributed by atoms with Crippen molar-refractivity contribution in [1.82, 2.24) is 4.90 Å². The van der Waals surface area contributed by atoms with Gasteiger partial charge in [0.1, 0.15) is 28.5 Å². The van der Waals surface area contributed by atoms with Crippen LogP contribution in [0.3, 0.4) is 0 Å². The SMILES string of the molecule is CCc1ccc(C2SCC(=O)N2Cc2cc(F)cc(F)c2)o1. The molecular weight excluding hydrogens is 308 g/mol. The molecule has 1 amide bonds. The van der Waals surface area contributed by atoms with Crippen LogP contribution >= 0.6 is 11.8 Å². The van der Waals surface area contributed by atoms with Crippen LogP contribution in [0.4, 0.5) is 8.78 Å². The van der Waals surface area contributed by atoms with Gasteiger partial charge in [-0.1, -0.05) is 6.92 Å². The standard InChI is InChI=1S/C16H15F2NO2S/c1-2-13-3-4-14(21-13)16-19(15(20)9-22-16)8-10-5-11(17)7-12(18)6-10/h3-7,16H,2,8-9H2,1H3. The monoisotopic (exact) mass is 323 g/mol. The Morgan fingerprint density at radius 2 is 2.00 bits per heavy atom. The molecule has 0 spiro atoms. The van der Waals surface area contributed by atoms with Gasteiger partial charge in [0.2, 0.25) is 5.91 Å². The maximum absolute atomic E-state index is 13.3. The van der Waals surface area contributed by atoms with Crippen molar-refractivity contribution in [2.75, 3.05) is 5.75 Å². The lowest BCUT2D eigenvalue weighted by Gasteiger charge is -2.22. The molecule has 1 aliphatic heterocycles. The molecule has 0 radical (unpaired) electrons. The summed E-state index contributed by atoms with van der Waals surface area (Å²) >= 11 is 1.46. The molecule has 3 rings (SSSR count). The molecule has 1 aliphatic rings. The molecule has 0 saturated carbocycles. The Hall–Kier alpha value is -1.82. The predicted octanol–water partition coefficient (Wildman–Crippen LogP) is 3.89. The van der Waals surface area contributed by atoms with Gasteiger partial charge >= 0.3 is 0 Å². The van der Waals surface area contributed by atoms with E-state index in [1.807, 2.05) is 19.1 Å². The third-order valence-corrected chi connectivity index (χ3v) is 4.73. The smallest absolute Gasteiger partial charge is 0.234 e. The Kier molecular flexibility index (Phi) is 4.20. The summed E-state index contributed by atoms with van der Waals surface area (Å²) in [4.78, 5) is 13.7. The van der Waals surface area contributed by atoms with Crippen LogP contribution < -0.4 is 0 Å². The maximum Gasteiger partial charge on any atom is 0.234 e. The molecular formula is C16H15F2NO2S. The number of benzene rings is 1. The Labute approximate surface area is 131 Å². The van der Waals surface area contributed by atoms with Gasteiger partial charge in [-0.15, -0.1) is 11.8 Å². The predicted molar refractivity (Wildman–Crippen MR) is 80.2 cm³/mol. The molecule has 1 unspecified atom stereocenters. The number of halogens is 2. The van der Waals surface area contributed by atoms with Crippen molar-refractivity contribution in [2.24, 2.45) is 0 Å². The molecule has 2 heterocycles. The molecule has 1 atom stereocenters. The van der Waals surface area contributed by atoms with E-state index in [4.69, 9.17) is 4.42 Å². The van der Waals surface area contributed by atoms with E-state index >= 15 is 0 Å². The molecule has 0 bridgehead atoms. The van der Waals surface area contributed by atoms with E-state index in [0.29, 0.717) is 17.1 Å². The van der Waals surface area contributed by atoms with Gasteiger partial charge in [-0.3, -0.25) is 4.79 Å². The summed E-state index contributed by atoms with van der Waals surface area (Å²) in [5, 5.41) is -0.251. The molecule has 1 fully saturated rings. The van der Waals surface area contributed by atoms with Crippen molar-refractivity contribution in [3.8, 4) is 0 Å². The second-order valence-electron chi connectivity index (χ2n) is 5.12. The van der Waals surface area contributed by atoms with E-state index in [2.05, 4.69) is 0 Å². The zero-order chi connectivity index (χ0) is 15.7. The van der Waals surface area contributed by atoms with Crippen molar-refractivity contribution >= 4 is 17.7 Å². The van der Waals surface area contributed by atoms with Gasteiger partial charge in [0.05, 0.1) is 5.75 Å². The molecule has 3 nitrogen and oxygen atoms in total. The summed E-state index contributed by atoms with van der Waals surface area (Å²) in [7, 11) is 0. The quantitative estimate of drug-likeness (QED) is 0.856. The van der Waals surface area contributed by atoms with Crippen LogP contribution in [0, 0.1) is 11.6 Å². The first kappa shape index (κ1) is 15.1. The normalized spacial score (nSPS) is 18.2. The fourth-order valence-corrected chi connectivity index (χ4v) is 3.61. The first-order valence-electron chi connectivity index (χ1n) is 7.01. The number of carbonyl (C=O) groups excluding carboxylic acids is 1. The lowest BCUT2D eigenvalue weighted by molar-refractivity contribution is -0.128. The van der Waals surface area contributed by atoms with Crippen molar-refractivity contribution in [3.05, 3.63) is 59.1 Å². The number of rotatable bonds is 4. The zero-order valence-corrected chi connectivity index (χ0v) is 12.8. The molecule has 0 N–H and O–H groups in total. The van der Waals surface area contributed by atoms with Crippen molar-refractivity contribution < 1.29 is 18.0 Å². The topological polar surface area (TPSA) is 33.5 Å². The summed E-state index contributed by atoms with van der Waals surface area (Å²) in [6.45, 7) is 2.15. The van der Waals surface area contributed by atoms with Gasteiger partial charge in [0.15, 0.2) is 0 Å². The number of aryl methyl sites for hydroxylation is 1. The van der Waals surface area contributed by atoms with Gasteiger partial charge in [-0.25, -0.2) is 8.78 Å². The van der Waals surface area contributed by atoms with Crippen LogP contribution in [0.1, 0.15) is 29.4 Å². The van der Waals surface area contributed by atoms with Gasteiger partial charge < -0.3 is 9.32 Å². The van der Waals surface area contributed by atoms with Gasteiger partial charge in [-0.2, -0.15) is 0 Å². The van der Waals surface area contributed by atoms with Crippen molar-refractivity contribution in [1.29, 1.82) is 0 Å². The van der Waals surface area contributed by atoms with E-state index in [0.717, 1.165) is 18.2 Å². The number of hydrogen-bond donors (Lipinski definition) is 0. The number of carbonyl (C=O) groups is 1. The van der Waals surface area contributed by atoms with E-state index in [9.17, 15) is 13.6 Å². The van der Waals surface area contributed by atoms with Crippen LogP contribution in [0.25, 0.3) is 0 Å². The molecule has 1 aromatic carbocycles. The van der Waals surface area contributed by atoms with Gasteiger partial charge in [0.25, 0.3) is 0 Å². The number of hydrogen-bond acceptors (Lipinski definition) is 3. The Bertz CT molecular complexity index is 681. The molecule has 6 heteroatoms. The van der Waals surface area contributed by atoms with Crippen molar-refractivity contribution in [2.45, 2.75) is 25.3 Å². The lowest BCUT2D eigenvalue weighted by atomic mass is 10.2. The Morgan fingerprint density at radius 1 is 1.27 bits per heavy atom. The minimum Gasteiger partial charge on any atom is -0.463 e. The second kappa shape index (κ2) is 6.12. The Morgan fingerprint density at radius 3 is 2.64 bits per heavy atom.